The minimum atomic E-state index is -4.37. The van der Waals surface area contributed by atoms with Crippen LogP contribution >= 0.6 is 11.8 Å². The van der Waals surface area contributed by atoms with Gasteiger partial charge in [-0.3, -0.25) is 9.69 Å². The molecule has 1 saturated heterocycles. The fourth-order valence-electron chi connectivity index (χ4n) is 6.58. The van der Waals surface area contributed by atoms with Gasteiger partial charge in [0.2, 0.25) is 0 Å². The van der Waals surface area contributed by atoms with Crippen molar-refractivity contribution in [1.82, 2.24) is 9.80 Å². The van der Waals surface area contributed by atoms with Gasteiger partial charge in [-0.25, -0.2) is 0 Å². The van der Waals surface area contributed by atoms with Crippen molar-refractivity contribution < 1.29 is 22.7 Å². The second kappa shape index (κ2) is 20.3. The fraction of sp³-hybridized carbons (Fsp3) is 0.658. The number of benzene rings is 2. The third-order valence-corrected chi connectivity index (χ3v) is 10.6. The summed E-state index contributed by atoms with van der Waals surface area (Å²) in [6, 6.07) is 12.0. The van der Waals surface area contributed by atoms with Crippen molar-refractivity contribution in [2.24, 2.45) is 0 Å². The lowest BCUT2D eigenvalue weighted by Gasteiger charge is -2.36. The number of alkyl halides is 3. The molecule has 1 fully saturated rings. The third kappa shape index (κ3) is 13.0. The Labute approximate surface area is 285 Å². The fourth-order valence-corrected chi connectivity index (χ4v) is 7.66. The maximum atomic E-state index is 13.5. The van der Waals surface area contributed by atoms with Gasteiger partial charge in [0.1, 0.15) is 6.61 Å². The number of halogens is 3. The van der Waals surface area contributed by atoms with Crippen LogP contribution in [-0.4, -0.2) is 68.2 Å². The quantitative estimate of drug-likeness (QED) is 0.0968. The highest BCUT2D eigenvalue weighted by Crippen LogP contribution is 2.49. The van der Waals surface area contributed by atoms with Gasteiger partial charge < -0.3 is 14.5 Å². The molecule has 2 aromatic rings. The van der Waals surface area contributed by atoms with Gasteiger partial charge in [-0.15, -0.1) is 0 Å². The van der Waals surface area contributed by atoms with Crippen LogP contribution in [0.5, 0.6) is 0 Å². The summed E-state index contributed by atoms with van der Waals surface area (Å²) in [6.07, 6.45) is 13.8. The molecule has 0 radical (unpaired) electrons. The lowest BCUT2D eigenvalue weighted by atomic mass is 10.0. The number of unbranched alkanes of at least 4 members (excludes halogenated alkanes) is 12. The largest absolute Gasteiger partial charge is 0.464 e. The number of hydrogen-bond donors (Lipinski definition) is 0. The molecule has 5 nitrogen and oxygen atoms in total. The first-order chi connectivity index (χ1) is 22.8. The van der Waals surface area contributed by atoms with Crippen molar-refractivity contribution in [1.29, 1.82) is 0 Å². The Balaban J connectivity index is 1.04. The molecule has 2 aliphatic heterocycles. The molecular weight excluding hydrogens is 619 g/mol. The molecule has 0 atom stereocenters. The second-order valence-electron chi connectivity index (χ2n) is 13.2. The van der Waals surface area contributed by atoms with Gasteiger partial charge in [-0.1, -0.05) is 108 Å². The lowest BCUT2D eigenvalue weighted by molar-refractivity contribution is -0.144. The van der Waals surface area contributed by atoms with E-state index in [0.717, 1.165) is 74.0 Å². The third-order valence-electron chi connectivity index (χ3n) is 9.43. The monoisotopic (exact) mass is 675 g/mol. The SMILES string of the molecule is CCCCCCCCCCCCCCCC(=O)OCCN1CCN(CCCN2c3ccccc3Sc3ccc(C(F)(F)F)cc32)CC1. The average Bonchev–Trinajstić information content (AvgIpc) is 3.06. The molecular formula is C38H56F3N3O2S. The van der Waals surface area contributed by atoms with Crippen molar-refractivity contribution in [3.05, 3.63) is 48.0 Å². The van der Waals surface area contributed by atoms with E-state index in [-0.39, 0.29) is 5.97 Å². The second-order valence-corrected chi connectivity index (χ2v) is 14.2. The summed E-state index contributed by atoms with van der Waals surface area (Å²) in [5.74, 6) is -0.0756. The molecule has 47 heavy (non-hydrogen) atoms. The van der Waals surface area contributed by atoms with Crippen LogP contribution in [0, 0.1) is 0 Å². The summed E-state index contributed by atoms with van der Waals surface area (Å²) < 4.78 is 46.1. The van der Waals surface area contributed by atoms with Crippen LogP contribution < -0.4 is 4.90 Å². The number of piperazine rings is 1. The zero-order valence-corrected chi connectivity index (χ0v) is 29.3. The van der Waals surface area contributed by atoms with E-state index in [0.29, 0.717) is 25.3 Å². The zero-order valence-electron chi connectivity index (χ0n) is 28.5. The molecule has 0 saturated carbocycles. The Kier molecular flexibility index (Phi) is 16.3. The molecule has 262 valence electrons. The van der Waals surface area contributed by atoms with Gasteiger partial charge in [0.05, 0.1) is 16.9 Å². The highest BCUT2D eigenvalue weighted by Gasteiger charge is 2.33. The van der Waals surface area contributed by atoms with Crippen LogP contribution in [0.3, 0.4) is 0 Å². The van der Waals surface area contributed by atoms with Gasteiger partial charge >= 0.3 is 12.1 Å². The molecule has 0 aliphatic carbocycles. The van der Waals surface area contributed by atoms with E-state index in [9.17, 15) is 18.0 Å². The minimum absolute atomic E-state index is 0.0756. The Hall–Kier alpha value is -2.23. The van der Waals surface area contributed by atoms with Crippen LogP contribution in [-0.2, 0) is 15.7 Å². The van der Waals surface area contributed by atoms with Crippen LogP contribution in [0.15, 0.2) is 52.3 Å². The molecule has 0 N–H and O–H groups in total. The van der Waals surface area contributed by atoms with E-state index in [2.05, 4.69) is 21.6 Å². The summed E-state index contributed by atoms with van der Waals surface area (Å²) in [6.45, 7) is 8.75. The zero-order chi connectivity index (χ0) is 33.3. The minimum Gasteiger partial charge on any atom is -0.464 e. The summed E-state index contributed by atoms with van der Waals surface area (Å²) >= 11 is 1.53. The molecule has 4 rings (SSSR count). The van der Waals surface area contributed by atoms with Gasteiger partial charge in [-0.05, 0) is 49.7 Å². The molecule has 2 heterocycles. The Morgan fingerprint density at radius 2 is 1.28 bits per heavy atom. The van der Waals surface area contributed by atoms with Gasteiger partial charge in [0.15, 0.2) is 0 Å². The van der Waals surface area contributed by atoms with Crippen molar-refractivity contribution in [3.8, 4) is 0 Å². The Bertz CT molecular complexity index is 1200. The van der Waals surface area contributed by atoms with Gasteiger partial charge in [0, 0.05) is 55.5 Å². The number of anilines is 2. The summed E-state index contributed by atoms with van der Waals surface area (Å²) in [7, 11) is 0. The first-order valence-electron chi connectivity index (χ1n) is 18.2. The number of fused-ring (bicyclic) bond motifs is 2. The molecule has 0 spiro atoms. The lowest BCUT2D eigenvalue weighted by Crippen LogP contribution is -2.47. The normalized spacial score (nSPS) is 15.4. The number of carbonyl (C=O) groups excluding carboxylic acids is 1. The first kappa shape index (κ1) is 37.6. The topological polar surface area (TPSA) is 36.0 Å². The molecule has 0 amide bonds. The van der Waals surface area contributed by atoms with Crippen molar-refractivity contribution >= 4 is 29.1 Å². The van der Waals surface area contributed by atoms with Crippen LogP contribution in [0.1, 0.15) is 109 Å². The number of nitrogens with zero attached hydrogens (tertiary/aromatic N) is 3. The summed E-state index contributed by atoms with van der Waals surface area (Å²) in [5.41, 5.74) is 0.998. The predicted octanol–water partition coefficient (Wildman–Crippen LogP) is 10.3. The molecule has 2 aliphatic rings. The van der Waals surface area contributed by atoms with E-state index in [1.54, 1.807) is 6.07 Å². The van der Waals surface area contributed by atoms with Crippen molar-refractivity contribution in [2.75, 3.05) is 57.3 Å². The average molecular weight is 676 g/mol. The van der Waals surface area contributed by atoms with E-state index in [4.69, 9.17) is 4.74 Å². The molecule has 0 aromatic heterocycles. The number of ether oxygens (including phenoxy) is 1. The number of hydrogen-bond acceptors (Lipinski definition) is 6. The smallest absolute Gasteiger partial charge is 0.416 e. The molecule has 9 heteroatoms. The number of para-hydroxylation sites is 1. The van der Waals surface area contributed by atoms with Crippen LogP contribution in [0.4, 0.5) is 24.5 Å². The molecule has 0 bridgehead atoms. The number of rotatable bonds is 21. The van der Waals surface area contributed by atoms with E-state index >= 15 is 0 Å². The number of esters is 1. The Morgan fingerprint density at radius 3 is 1.91 bits per heavy atom. The van der Waals surface area contributed by atoms with Crippen LogP contribution in [0.2, 0.25) is 0 Å². The standard InChI is InChI=1S/C38H56F3N3O2S/c1-2-3-4-5-6-7-8-9-10-11-12-13-14-20-37(45)46-30-29-43-27-25-42(26-28-43)23-17-24-44-33-18-15-16-19-35(33)47-36-22-21-32(31-34(36)44)38(39,40)41/h15-16,18-19,21-22,31H,2-14,17,20,23-30H2,1H3. The Morgan fingerprint density at radius 1 is 0.702 bits per heavy atom. The summed E-state index contributed by atoms with van der Waals surface area (Å²) in [5, 5.41) is 0. The van der Waals surface area contributed by atoms with Gasteiger partial charge in [0.25, 0.3) is 0 Å². The maximum absolute atomic E-state index is 13.5. The van der Waals surface area contributed by atoms with Crippen molar-refractivity contribution in [2.45, 2.75) is 119 Å². The summed E-state index contributed by atoms with van der Waals surface area (Å²) in [4.78, 5) is 21.0. The maximum Gasteiger partial charge on any atom is 0.416 e. The predicted molar refractivity (Wildman–Crippen MR) is 188 cm³/mol. The van der Waals surface area contributed by atoms with Gasteiger partial charge in [-0.2, -0.15) is 13.2 Å². The molecule has 0 unspecified atom stereocenters. The van der Waals surface area contributed by atoms with Crippen LogP contribution in [0.25, 0.3) is 0 Å². The van der Waals surface area contributed by atoms with E-state index < -0.39 is 11.7 Å². The van der Waals surface area contributed by atoms with Crippen molar-refractivity contribution in [3.63, 3.8) is 0 Å². The highest BCUT2D eigenvalue weighted by atomic mass is 32.2. The highest BCUT2D eigenvalue weighted by molar-refractivity contribution is 7.99. The first-order valence-corrected chi connectivity index (χ1v) is 19.0. The van der Waals surface area contributed by atoms with E-state index in [1.165, 1.54) is 94.5 Å². The van der Waals surface area contributed by atoms with E-state index in [1.807, 2.05) is 24.3 Å². The number of carbonyl (C=O) groups is 1. The molecule has 2 aromatic carbocycles.